The van der Waals surface area contributed by atoms with Gasteiger partial charge in [0.15, 0.2) is 0 Å². The first-order chi connectivity index (χ1) is 17.1. The standard InChI is InChI=1S/2C12H17NO3.2Co.NO3.2H2O/c2*1-2-12(8-14,9-15)13-7-10-5-3-4-6-11(10)16;;;2-1(3)4;;/h2*3-7,14-16H,2,8-9H2,1H3;;;;2*1H2/q;;;;-1;;/p-2. The molecule has 8 N–H and O–H groups in total. The van der Waals surface area contributed by atoms with Crippen molar-refractivity contribution in [1.29, 1.82) is 0 Å². The van der Waals surface area contributed by atoms with E-state index >= 15 is 0 Å². The smallest absolute Gasteiger partial charge is 0.124 e. The van der Waals surface area contributed by atoms with E-state index in [0.717, 1.165) is 0 Å². The predicted octanol–water partition coefficient (Wildman–Crippen LogP) is 1.29. The molecule has 16 heteroatoms. The van der Waals surface area contributed by atoms with Crippen molar-refractivity contribution in [2.75, 3.05) is 26.4 Å². The molecule has 2 aromatic carbocycles. The number of nitrogens with zero attached hydrogens (tertiary/aromatic N) is 3. The number of aliphatic hydroxyl groups excluding tert-OH is 4. The summed E-state index contributed by atoms with van der Waals surface area (Å²) < 4.78 is 0. The number of aliphatic hydroxyl groups is 4. The Labute approximate surface area is 252 Å². The number of aromatic hydroxyl groups is 2. The van der Waals surface area contributed by atoms with E-state index in [-0.39, 0.29) is 82.4 Å². The number of benzene rings is 2. The molecule has 234 valence electrons. The van der Waals surface area contributed by atoms with E-state index in [1.807, 2.05) is 13.8 Å². The molecule has 2 radical (unpaired) electrons. The number of aliphatic imine (C=N–C) groups is 2. The zero-order valence-electron chi connectivity index (χ0n) is 21.8. The van der Waals surface area contributed by atoms with Crippen LogP contribution in [-0.4, -0.2) is 96.6 Å². The van der Waals surface area contributed by atoms with E-state index in [9.17, 15) is 30.6 Å². The number of rotatable bonds is 10. The van der Waals surface area contributed by atoms with E-state index in [4.69, 9.17) is 15.3 Å². The fourth-order valence-corrected chi connectivity index (χ4v) is 2.50. The first-order valence-corrected chi connectivity index (χ1v) is 11.0. The molecule has 0 aliphatic carbocycles. The molecule has 14 nitrogen and oxygen atoms in total. The molecule has 2 aromatic rings. The molecule has 0 fully saturated rings. The zero-order chi connectivity index (χ0) is 27.6. The third-order valence-electron chi connectivity index (χ3n) is 5.32. The topological polar surface area (TPSA) is 272 Å². The van der Waals surface area contributed by atoms with Gasteiger partial charge in [0.2, 0.25) is 0 Å². The van der Waals surface area contributed by atoms with Crippen molar-refractivity contribution in [3.05, 3.63) is 75.0 Å². The summed E-state index contributed by atoms with van der Waals surface area (Å²) >= 11 is 0. The molecule has 0 aliphatic rings. The zero-order valence-corrected chi connectivity index (χ0v) is 23.9. The summed E-state index contributed by atoms with van der Waals surface area (Å²) in [5.74, 6) is 0.263. The second-order valence-electron chi connectivity index (χ2n) is 7.65. The fraction of sp³-hybridized carbons (Fsp3) is 0.417. The van der Waals surface area contributed by atoms with Crippen LogP contribution >= 0.6 is 0 Å². The quantitative estimate of drug-likeness (QED) is 0.120. The predicted molar refractivity (Wildman–Crippen MR) is 140 cm³/mol. The molecule has 40 heavy (non-hydrogen) atoms. The molecule has 0 atom stereocenters. The van der Waals surface area contributed by atoms with Crippen LogP contribution in [0.25, 0.3) is 0 Å². The maximum atomic E-state index is 9.51. The molecule has 0 saturated carbocycles. The van der Waals surface area contributed by atoms with Crippen molar-refractivity contribution >= 4 is 12.4 Å². The van der Waals surface area contributed by atoms with Crippen LogP contribution in [-0.2, 0) is 33.6 Å². The summed E-state index contributed by atoms with van der Waals surface area (Å²) in [6, 6.07) is 13.6. The summed E-state index contributed by atoms with van der Waals surface area (Å²) in [6.07, 6.45) is 4.02. The van der Waals surface area contributed by atoms with Gasteiger partial charge in [0, 0.05) is 57.1 Å². The number of hydrogen-bond donors (Lipinski definition) is 6. The van der Waals surface area contributed by atoms with Gasteiger partial charge >= 0.3 is 0 Å². The van der Waals surface area contributed by atoms with Crippen LogP contribution in [0.15, 0.2) is 58.5 Å². The second kappa shape index (κ2) is 25.3. The van der Waals surface area contributed by atoms with Crippen LogP contribution in [0.1, 0.15) is 37.8 Å². The van der Waals surface area contributed by atoms with Crippen molar-refractivity contribution in [2.24, 2.45) is 9.98 Å². The summed E-state index contributed by atoms with van der Waals surface area (Å²) in [4.78, 5) is 16.6. The van der Waals surface area contributed by atoms with Crippen LogP contribution < -0.4 is 0 Å². The molecule has 2 rings (SSSR count). The summed E-state index contributed by atoms with van der Waals surface area (Å²) in [6.45, 7) is 2.81. The van der Waals surface area contributed by atoms with Gasteiger partial charge < -0.3 is 56.9 Å². The molecular weight excluding hydrogens is 624 g/mol. The Hall–Kier alpha value is -2.65. The molecule has 0 aliphatic heterocycles. The van der Waals surface area contributed by atoms with E-state index in [1.54, 1.807) is 48.5 Å². The van der Waals surface area contributed by atoms with Gasteiger partial charge in [-0.2, -0.15) is 0 Å². The van der Waals surface area contributed by atoms with Gasteiger partial charge in [-0.05, 0) is 37.1 Å². The molecule has 0 unspecified atom stereocenters. The summed E-state index contributed by atoms with van der Waals surface area (Å²) in [7, 11) is 0. The largest absolute Gasteiger partial charge is 0.870 e. The average molecular weight is 660 g/mol. The SMILES string of the molecule is CCC(CO)(CO)N=Cc1ccccc1O.CCC(CO)(CO)N=Cc1ccccc1O.O=[N+]([O-])[O-].[Co].[Co].[OH-].[OH-]. The van der Waals surface area contributed by atoms with Crippen LogP contribution in [0.5, 0.6) is 11.5 Å². The van der Waals surface area contributed by atoms with Gasteiger partial charge in [-0.15, -0.1) is 0 Å². The minimum atomic E-state index is -1.75. The molecule has 0 aromatic heterocycles. The first kappa shape index (κ1) is 47.2. The Kier molecular flexibility index (Phi) is 29.9. The normalized spacial score (nSPS) is 10.3. The Morgan fingerprint density at radius 1 is 0.700 bits per heavy atom. The Bertz CT molecular complexity index is 883. The van der Waals surface area contributed by atoms with Gasteiger partial charge in [0.25, 0.3) is 0 Å². The molecule has 0 saturated heterocycles. The molecule has 0 heterocycles. The van der Waals surface area contributed by atoms with Crippen molar-refractivity contribution in [3.8, 4) is 11.5 Å². The van der Waals surface area contributed by atoms with Crippen LogP contribution in [0.3, 0.4) is 0 Å². The molecular formula is C24H36Co2N3O11-3. The number of hydrogen-bond acceptors (Lipinski definition) is 13. The van der Waals surface area contributed by atoms with Crippen molar-refractivity contribution in [3.63, 3.8) is 0 Å². The maximum Gasteiger partial charge on any atom is 0.124 e. The van der Waals surface area contributed by atoms with Gasteiger partial charge in [0.05, 0.1) is 31.5 Å². The first-order valence-electron chi connectivity index (χ1n) is 11.0. The summed E-state index contributed by atoms with van der Waals surface area (Å²) in [5, 5.41) is 70.5. The van der Waals surface area contributed by atoms with Gasteiger partial charge in [-0.25, -0.2) is 0 Å². The van der Waals surface area contributed by atoms with Gasteiger partial charge in [-0.3, -0.25) is 9.98 Å². The van der Waals surface area contributed by atoms with E-state index in [1.165, 1.54) is 12.4 Å². The summed E-state index contributed by atoms with van der Waals surface area (Å²) in [5.41, 5.74) is -0.575. The number of phenols is 2. The monoisotopic (exact) mass is 660 g/mol. The fourth-order valence-electron chi connectivity index (χ4n) is 2.50. The van der Waals surface area contributed by atoms with E-state index in [2.05, 4.69) is 9.98 Å². The molecule has 0 amide bonds. The van der Waals surface area contributed by atoms with Crippen molar-refractivity contribution in [1.82, 2.24) is 0 Å². The maximum absolute atomic E-state index is 9.51. The van der Waals surface area contributed by atoms with Crippen LogP contribution in [0.4, 0.5) is 0 Å². The third-order valence-corrected chi connectivity index (χ3v) is 5.32. The number of phenolic OH excluding ortho intramolecular Hbond substituents is 2. The second-order valence-corrected chi connectivity index (χ2v) is 7.65. The van der Waals surface area contributed by atoms with Gasteiger partial charge in [-0.1, -0.05) is 38.1 Å². The number of para-hydroxylation sites is 2. The third kappa shape index (κ3) is 17.1. The van der Waals surface area contributed by atoms with Crippen molar-refractivity contribution < 1.29 is 80.2 Å². The van der Waals surface area contributed by atoms with Crippen LogP contribution in [0, 0.1) is 15.3 Å². The molecule has 0 bridgehead atoms. The van der Waals surface area contributed by atoms with E-state index < -0.39 is 16.2 Å². The average Bonchev–Trinajstić information content (AvgIpc) is 2.88. The van der Waals surface area contributed by atoms with Gasteiger partial charge in [0.1, 0.15) is 22.6 Å². The van der Waals surface area contributed by atoms with Crippen molar-refractivity contribution in [2.45, 2.75) is 37.8 Å². The van der Waals surface area contributed by atoms with Crippen LogP contribution in [0.2, 0.25) is 0 Å². The Balaban J connectivity index is -0.000000165. The Morgan fingerprint density at radius 3 is 1.15 bits per heavy atom. The molecule has 0 spiro atoms. The minimum absolute atomic E-state index is 0. The van der Waals surface area contributed by atoms with E-state index in [0.29, 0.717) is 24.0 Å². The minimum Gasteiger partial charge on any atom is -0.870 e. The Morgan fingerprint density at radius 2 is 0.950 bits per heavy atom.